The molecule has 0 aromatic carbocycles. The van der Waals surface area contributed by atoms with E-state index in [-0.39, 0.29) is 29.5 Å². The van der Waals surface area contributed by atoms with Gasteiger partial charge in [0.15, 0.2) is 0 Å². The topological polar surface area (TPSA) is 129 Å². The summed E-state index contributed by atoms with van der Waals surface area (Å²) in [5, 5.41) is 5.58. The average molecular weight is 423 g/mol. The van der Waals surface area contributed by atoms with E-state index in [0.29, 0.717) is 5.56 Å². The smallest absolute Gasteiger partial charge is 0.464 e. The molecule has 1 amide bonds. The van der Waals surface area contributed by atoms with Crippen molar-refractivity contribution >= 4 is 17.9 Å². The van der Waals surface area contributed by atoms with Crippen molar-refractivity contribution in [3.63, 3.8) is 0 Å². The van der Waals surface area contributed by atoms with Crippen molar-refractivity contribution in [2.24, 2.45) is 0 Å². The highest BCUT2D eigenvalue weighted by Gasteiger charge is 2.38. The average Bonchev–Trinajstić information content (AvgIpc) is 3.23. The summed E-state index contributed by atoms with van der Waals surface area (Å²) in [6.07, 6.45) is -3.06. The Labute approximate surface area is 166 Å². The van der Waals surface area contributed by atoms with Crippen LogP contribution < -0.4 is 5.32 Å². The van der Waals surface area contributed by atoms with Crippen LogP contribution in [0, 0.1) is 0 Å². The summed E-state index contributed by atoms with van der Waals surface area (Å²) in [5.41, 5.74) is 0.794. The molecular formula is C17H12F3N5O5. The maximum atomic E-state index is 12.5. The summed E-state index contributed by atoms with van der Waals surface area (Å²) in [6, 6.07) is 5.64. The van der Waals surface area contributed by atoms with Crippen LogP contribution >= 0.6 is 0 Å². The van der Waals surface area contributed by atoms with Crippen molar-refractivity contribution in [1.29, 1.82) is 0 Å². The van der Waals surface area contributed by atoms with Gasteiger partial charge in [-0.3, -0.25) is 5.32 Å². The Bertz CT molecular complexity index is 1040. The van der Waals surface area contributed by atoms with E-state index in [1.165, 1.54) is 31.5 Å². The Morgan fingerprint density at radius 2 is 1.93 bits per heavy atom. The molecular weight excluding hydrogens is 411 g/mol. The van der Waals surface area contributed by atoms with E-state index in [1.54, 1.807) is 6.07 Å². The number of anilines is 1. The van der Waals surface area contributed by atoms with E-state index in [1.807, 2.05) is 0 Å². The molecule has 0 radical (unpaired) electrons. The second kappa shape index (κ2) is 8.55. The van der Waals surface area contributed by atoms with Crippen molar-refractivity contribution in [2.75, 3.05) is 12.4 Å². The van der Waals surface area contributed by atoms with Gasteiger partial charge in [-0.2, -0.15) is 18.2 Å². The van der Waals surface area contributed by atoms with Gasteiger partial charge in [-0.1, -0.05) is 11.2 Å². The van der Waals surface area contributed by atoms with Crippen LogP contribution in [0.4, 0.5) is 23.8 Å². The van der Waals surface area contributed by atoms with Crippen LogP contribution in [0.1, 0.15) is 21.9 Å². The fraction of sp³-hybridized carbons (Fsp3) is 0.176. The SMILES string of the molecule is COC(=O)c1ccc(COC(=O)Nc2ccc(-c3noc(C(F)(F)F)n3)cn2)cn1. The maximum absolute atomic E-state index is 12.5. The number of nitrogens with one attached hydrogen (secondary N) is 1. The Morgan fingerprint density at radius 3 is 2.50 bits per heavy atom. The van der Waals surface area contributed by atoms with Gasteiger partial charge in [0.05, 0.1) is 7.11 Å². The molecule has 0 atom stereocenters. The molecule has 0 saturated heterocycles. The van der Waals surface area contributed by atoms with Gasteiger partial charge < -0.3 is 14.0 Å². The number of aromatic nitrogens is 4. The van der Waals surface area contributed by atoms with Crippen molar-refractivity contribution in [1.82, 2.24) is 20.1 Å². The Hall–Kier alpha value is -4.03. The van der Waals surface area contributed by atoms with Gasteiger partial charge in [0.25, 0.3) is 0 Å². The molecule has 0 aliphatic carbocycles. The quantitative estimate of drug-likeness (QED) is 0.615. The number of nitrogens with zero attached hydrogens (tertiary/aromatic N) is 4. The number of methoxy groups -OCH3 is 1. The number of amides is 1. The predicted octanol–water partition coefficient (Wildman–Crippen LogP) is 3.08. The minimum Gasteiger partial charge on any atom is -0.464 e. The van der Waals surface area contributed by atoms with E-state index < -0.39 is 24.1 Å². The Morgan fingerprint density at radius 1 is 1.13 bits per heavy atom. The molecule has 0 bridgehead atoms. The molecule has 3 aromatic heterocycles. The second-order valence-corrected chi connectivity index (χ2v) is 5.60. The van der Waals surface area contributed by atoms with Crippen LogP contribution in [-0.4, -0.2) is 39.3 Å². The third-order valence-corrected chi connectivity index (χ3v) is 3.51. The molecule has 3 heterocycles. The molecule has 30 heavy (non-hydrogen) atoms. The molecule has 10 nitrogen and oxygen atoms in total. The summed E-state index contributed by atoms with van der Waals surface area (Å²) in [6.45, 7) is -0.124. The fourth-order valence-corrected chi connectivity index (χ4v) is 2.08. The molecule has 0 spiro atoms. The first-order valence-electron chi connectivity index (χ1n) is 8.10. The zero-order chi connectivity index (χ0) is 21.7. The lowest BCUT2D eigenvalue weighted by molar-refractivity contribution is -0.159. The highest BCUT2D eigenvalue weighted by atomic mass is 19.4. The van der Waals surface area contributed by atoms with Crippen molar-refractivity contribution in [2.45, 2.75) is 12.8 Å². The second-order valence-electron chi connectivity index (χ2n) is 5.60. The van der Waals surface area contributed by atoms with Crippen molar-refractivity contribution < 1.29 is 36.8 Å². The summed E-state index contributed by atoms with van der Waals surface area (Å²) in [7, 11) is 1.23. The van der Waals surface area contributed by atoms with E-state index in [9.17, 15) is 22.8 Å². The lowest BCUT2D eigenvalue weighted by atomic mass is 10.2. The number of carbonyl (C=O) groups excluding carboxylic acids is 2. The van der Waals surface area contributed by atoms with Gasteiger partial charge in [-0.15, -0.1) is 0 Å². The first-order chi connectivity index (χ1) is 14.3. The lowest BCUT2D eigenvalue weighted by Crippen LogP contribution is -2.14. The zero-order valence-corrected chi connectivity index (χ0v) is 15.1. The number of alkyl halides is 3. The number of hydrogen-bond acceptors (Lipinski definition) is 9. The summed E-state index contributed by atoms with van der Waals surface area (Å²) < 4.78 is 51.2. The molecule has 3 rings (SSSR count). The standard InChI is InChI=1S/C17H12F3N5O5/c1-28-14(26)11-4-2-9(6-21-11)8-29-16(27)23-12-5-3-10(7-22-12)13-24-15(30-25-13)17(18,19)20/h2-7H,8H2,1H3,(H,22,23,27). The van der Waals surface area contributed by atoms with Crippen LogP contribution in [0.3, 0.4) is 0 Å². The Kier molecular flexibility index (Phi) is 5.90. The highest BCUT2D eigenvalue weighted by molar-refractivity contribution is 5.87. The molecule has 156 valence electrons. The number of carbonyl (C=O) groups is 2. The van der Waals surface area contributed by atoms with E-state index >= 15 is 0 Å². The van der Waals surface area contributed by atoms with E-state index in [4.69, 9.17) is 4.74 Å². The van der Waals surface area contributed by atoms with Gasteiger partial charge in [-0.05, 0) is 18.2 Å². The first kappa shape index (κ1) is 20.7. The van der Waals surface area contributed by atoms with E-state index in [0.717, 1.165) is 6.20 Å². The number of halogens is 3. The molecule has 3 aromatic rings. The molecule has 0 aliphatic heterocycles. The fourth-order valence-electron chi connectivity index (χ4n) is 2.08. The van der Waals surface area contributed by atoms with Crippen LogP contribution in [-0.2, 0) is 22.3 Å². The van der Waals surface area contributed by atoms with E-state index in [2.05, 4.69) is 34.7 Å². The number of rotatable bonds is 5. The number of esters is 1. The normalized spacial score (nSPS) is 11.1. The minimum atomic E-state index is -4.75. The molecule has 13 heteroatoms. The number of hydrogen-bond donors (Lipinski definition) is 1. The van der Waals surface area contributed by atoms with Gasteiger partial charge in [0, 0.05) is 23.5 Å². The minimum absolute atomic E-state index is 0.0856. The van der Waals surface area contributed by atoms with Gasteiger partial charge in [0.1, 0.15) is 18.1 Å². The maximum Gasteiger partial charge on any atom is 0.471 e. The lowest BCUT2D eigenvalue weighted by Gasteiger charge is -2.07. The molecule has 0 saturated carbocycles. The van der Waals surface area contributed by atoms with Crippen LogP contribution in [0.5, 0.6) is 0 Å². The van der Waals surface area contributed by atoms with Crippen LogP contribution in [0.25, 0.3) is 11.4 Å². The van der Waals surface area contributed by atoms with Gasteiger partial charge in [-0.25, -0.2) is 19.6 Å². The first-order valence-corrected chi connectivity index (χ1v) is 8.10. The summed E-state index contributed by atoms with van der Waals surface area (Å²) in [4.78, 5) is 34.1. The zero-order valence-electron chi connectivity index (χ0n) is 15.1. The third kappa shape index (κ3) is 5.06. The highest BCUT2D eigenvalue weighted by Crippen LogP contribution is 2.29. The van der Waals surface area contributed by atoms with Crippen molar-refractivity contribution in [3.8, 4) is 11.4 Å². The largest absolute Gasteiger partial charge is 0.471 e. The molecule has 0 fully saturated rings. The van der Waals surface area contributed by atoms with Crippen LogP contribution in [0.2, 0.25) is 0 Å². The van der Waals surface area contributed by atoms with Crippen molar-refractivity contribution in [3.05, 3.63) is 53.8 Å². The molecule has 0 unspecified atom stereocenters. The third-order valence-electron chi connectivity index (χ3n) is 3.51. The van der Waals surface area contributed by atoms with Crippen LogP contribution in [0.15, 0.2) is 41.2 Å². The number of ether oxygens (including phenoxy) is 2. The predicted molar refractivity (Wildman–Crippen MR) is 91.9 cm³/mol. The molecule has 0 aliphatic rings. The Balaban J connectivity index is 1.54. The van der Waals surface area contributed by atoms with Gasteiger partial charge >= 0.3 is 24.1 Å². The summed E-state index contributed by atoms with van der Waals surface area (Å²) in [5.74, 6) is -2.28. The molecule has 1 N–H and O–H groups in total. The summed E-state index contributed by atoms with van der Waals surface area (Å²) >= 11 is 0. The monoisotopic (exact) mass is 423 g/mol. The van der Waals surface area contributed by atoms with Gasteiger partial charge in [0.2, 0.25) is 5.82 Å². The number of pyridine rings is 2.